The van der Waals surface area contributed by atoms with Crippen LogP contribution < -0.4 is 4.74 Å². The number of allylic oxidation sites excluding steroid dienone is 12. The monoisotopic (exact) mass is 639 g/mol. The van der Waals surface area contributed by atoms with Gasteiger partial charge in [0.25, 0.3) is 0 Å². The average molecular weight is 640 g/mol. The van der Waals surface area contributed by atoms with Crippen LogP contribution in [-0.4, -0.2) is 15.0 Å². The molecule has 0 radical (unpaired) electrons. The molecule has 3 aromatic carbocycles. The standard InChI is InChI=1S/C45H41N3O/c1-27-20-21-38-41(23-27)49-40-19-9-8-18-37(40)45(38)36-17-7-6-15-34(36)42-28(2)24-32(26-39(42)45)35-16-10-11-22-44(35,5)33-14-12-13-31(25-33)43-47-29(3)46-30(4)48-43/h6-22,25-28,35H,23-24H2,1-5H3. The molecule has 4 aromatic rings. The van der Waals surface area contributed by atoms with E-state index in [0.29, 0.717) is 11.8 Å². The molecule has 1 aromatic heterocycles. The largest absolute Gasteiger partial charge is 0.461 e. The number of rotatable bonds is 3. The van der Waals surface area contributed by atoms with E-state index in [1.54, 1.807) is 0 Å². The zero-order valence-electron chi connectivity index (χ0n) is 28.9. The highest BCUT2D eigenvalue weighted by molar-refractivity contribution is 5.91. The van der Waals surface area contributed by atoms with Crippen molar-refractivity contribution < 1.29 is 4.74 Å². The molecule has 242 valence electrons. The summed E-state index contributed by atoms with van der Waals surface area (Å²) >= 11 is 0. The van der Waals surface area contributed by atoms with Crippen molar-refractivity contribution in [1.29, 1.82) is 0 Å². The maximum atomic E-state index is 6.76. The zero-order valence-corrected chi connectivity index (χ0v) is 28.9. The molecule has 1 aliphatic heterocycles. The van der Waals surface area contributed by atoms with Crippen LogP contribution in [-0.2, 0) is 10.8 Å². The third-order valence-electron chi connectivity index (χ3n) is 11.5. The first-order valence-electron chi connectivity index (χ1n) is 17.7. The minimum absolute atomic E-state index is 0.178. The highest BCUT2D eigenvalue weighted by Crippen LogP contribution is 2.64. The fraction of sp³-hybridized carbons (Fsp3) is 0.267. The van der Waals surface area contributed by atoms with Gasteiger partial charge in [-0.1, -0.05) is 130 Å². The molecule has 0 fully saturated rings. The Kier molecular flexibility index (Phi) is 6.71. The van der Waals surface area contributed by atoms with E-state index >= 15 is 0 Å². The second-order valence-corrected chi connectivity index (χ2v) is 14.8. The number of hydrogen-bond acceptors (Lipinski definition) is 4. The number of aryl methyl sites for hydroxylation is 2. The summed E-state index contributed by atoms with van der Waals surface area (Å²) in [5.74, 6) is 5.26. The minimum atomic E-state index is -0.425. The molecule has 5 atom stereocenters. The average Bonchev–Trinajstić information content (AvgIpc) is 3.39. The van der Waals surface area contributed by atoms with Gasteiger partial charge in [-0.05, 0) is 72.1 Å². The molecule has 4 aliphatic carbocycles. The lowest BCUT2D eigenvalue weighted by Crippen LogP contribution is -2.37. The Morgan fingerprint density at radius 3 is 2.39 bits per heavy atom. The van der Waals surface area contributed by atoms with Crippen LogP contribution in [0.25, 0.3) is 17.0 Å². The van der Waals surface area contributed by atoms with Gasteiger partial charge in [0.1, 0.15) is 23.2 Å². The Balaban J connectivity index is 1.24. The summed E-state index contributed by atoms with van der Waals surface area (Å²) in [5.41, 5.74) is 11.3. The van der Waals surface area contributed by atoms with Crippen molar-refractivity contribution in [3.63, 3.8) is 0 Å². The predicted molar refractivity (Wildman–Crippen MR) is 197 cm³/mol. The third kappa shape index (κ3) is 4.39. The summed E-state index contributed by atoms with van der Waals surface area (Å²) in [6, 6.07) is 26.7. The van der Waals surface area contributed by atoms with E-state index < -0.39 is 5.41 Å². The van der Waals surface area contributed by atoms with Gasteiger partial charge in [-0.25, -0.2) is 15.0 Å². The Morgan fingerprint density at radius 2 is 1.55 bits per heavy atom. The molecular formula is C45H41N3O. The third-order valence-corrected chi connectivity index (χ3v) is 11.5. The van der Waals surface area contributed by atoms with E-state index in [9.17, 15) is 0 Å². The molecule has 9 rings (SSSR count). The van der Waals surface area contributed by atoms with E-state index in [1.807, 2.05) is 13.8 Å². The molecule has 2 heterocycles. The Hall–Kier alpha value is -5.09. The summed E-state index contributed by atoms with van der Waals surface area (Å²) in [6.07, 6.45) is 18.5. The fourth-order valence-electron chi connectivity index (χ4n) is 9.41. The SMILES string of the molecule is Cc1nc(C)nc(-c2cccc(C3(C)C=CC=CC3C3=CC4=C(c5ccccc5C45C4=C(CC(C)C=C4)Oc4ccccc45)C(C)C3)c2)n1. The van der Waals surface area contributed by atoms with Crippen LogP contribution in [0.4, 0.5) is 0 Å². The topological polar surface area (TPSA) is 47.9 Å². The first-order valence-corrected chi connectivity index (χ1v) is 17.7. The van der Waals surface area contributed by atoms with Crippen LogP contribution in [0.2, 0.25) is 0 Å². The molecule has 4 heteroatoms. The lowest BCUT2D eigenvalue weighted by atomic mass is 9.60. The van der Waals surface area contributed by atoms with Crippen molar-refractivity contribution in [2.24, 2.45) is 17.8 Å². The number of benzene rings is 3. The van der Waals surface area contributed by atoms with Crippen molar-refractivity contribution in [2.75, 3.05) is 0 Å². The summed E-state index contributed by atoms with van der Waals surface area (Å²) in [4.78, 5) is 13.8. The zero-order chi connectivity index (χ0) is 33.5. The maximum absolute atomic E-state index is 6.76. The van der Waals surface area contributed by atoms with Crippen molar-refractivity contribution in [3.05, 3.63) is 172 Å². The summed E-state index contributed by atoms with van der Waals surface area (Å²) < 4.78 is 6.76. The second kappa shape index (κ2) is 11.0. The Labute approximate surface area is 289 Å². The van der Waals surface area contributed by atoms with E-state index in [4.69, 9.17) is 14.7 Å². The number of aromatic nitrogens is 3. The van der Waals surface area contributed by atoms with Gasteiger partial charge in [0.15, 0.2) is 5.82 Å². The predicted octanol–water partition coefficient (Wildman–Crippen LogP) is 10.1. The van der Waals surface area contributed by atoms with Gasteiger partial charge in [-0.2, -0.15) is 0 Å². The molecule has 1 spiro atoms. The van der Waals surface area contributed by atoms with Gasteiger partial charge in [0.05, 0.1) is 5.41 Å². The van der Waals surface area contributed by atoms with Crippen molar-refractivity contribution in [1.82, 2.24) is 15.0 Å². The maximum Gasteiger partial charge on any atom is 0.163 e. The van der Waals surface area contributed by atoms with Crippen LogP contribution >= 0.6 is 0 Å². The van der Waals surface area contributed by atoms with Gasteiger partial charge >= 0.3 is 0 Å². The first kappa shape index (κ1) is 30.0. The van der Waals surface area contributed by atoms with E-state index in [-0.39, 0.29) is 11.3 Å². The Bertz CT molecular complexity index is 2230. The molecule has 5 aliphatic rings. The number of ether oxygens (including phenoxy) is 1. The lowest BCUT2D eigenvalue weighted by Gasteiger charge is -2.44. The summed E-state index contributed by atoms with van der Waals surface area (Å²) in [6.45, 7) is 11.0. The van der Waals surface area contributed by atoms with Crippen LogP contribution in [0.1, 0.15) is 67.5 Å². The van der Waals surface area contributed by atoms with Crippen LogP contribution in [0, 0.1) is 31.6 Å². The fourth-order valence-corrected chi connectivity index (χ4v) is 9.41. The minimum Gasteiger partial charge on any atom is -0.461 e. The molecule has 5 unspecified atom stereocenters. The smallest absolute Gasteiger partial charge is 0.163 e. The van der Waals surface area contributed by atoms with E-state index in [0.717, 1.165) is 47.4 Å². The highest BCUT2D eigenvalue weighted by Gasteiger charge is 2.54. The van der Waals surface area contributed by atoms with Gasteiger partial charge < -0.3 is 4.74 Å². The van der Waals surface area contributed by atoms with Gasteiger partial charge in [-0.3, -0.25) is 0 Å². The molecular weight excluding hydrogens is 599 g/mol. The number of hydrogen-bond donors (Lipinski definition) is 0. The summed E-state index contributed by atoms with van der Waals surface area (Å²) in [7, 11) is 0. The summed E-state index contributed by atoms with van der Waals surface area (Å²) in [5, 5.41) is 0. The molecule has 0 N–H and O–H groups in total. The van der Waals surface area contributed by atoms with Gasteiger partial charge in [0, 0.05) is 34.5 Å². The quantitative estimate of drug-likeness (QED) is 0.224. The van der Waals surface area contributed by atoms with Crippen LogP contribution in [0.3, 0.4) is 0 Å². The Morgan fingerprint density at radius 1 is 0.776 bits per heavy atom. The molecule has 49 heavy (non-hydrogen) atoms. The van der Waals surface area contributed by atoms with E-state index in [1.165, 1.54) is 44.5 Å². The molecule has 4 nitrogen and oxygen atoms in total. The van der Waals surface area contributed by atoms with Gasteiger partial charge in [-0.15, -0.1) is 0 Å². The first-order chi connectivity index (χ1) is 23.8. The number of nitrogens with zero attached hydrogens (tertiary/aromatic N) is 3. The second-order valence-electron chi connectivity index (χ2n) is 14.8. The number of para-hydroxylation sites is 1. The van der Waals surface area contributed by atoms with Crippen molar-refractivity contribution >= 4 is 5.57 Å². The normalized spacial score (nSPS) is 27.8. The van der Waals surface area contributed by atoms with Crippen molar-refractivity contribution in [3.8, 4) is 17.1 Å². The molecule has 0 saturated heterocycles. The van der Waals surface area contributed by atoms with Crippen LogP contribution in [0.15, 0.2) is 138 Å². The lowest BCUT2D eigenvalue weighted by molar-refractivity contribution is 0.347. The molecule has 0 bridgehead atoms. The van der Waals surface area contributed by atoms with Gasteiger partial charge in [0.2, 0.25) is 0 Å². The number of fused-ring (bicyclic) bond motifs is 7. The highest BCUT2D eigenvalue weighted by atomic mass is 16.5. The van der Waals surface area contributed by atoms with Crippen LogP contribution in [0.5, 0.6) is 5.75 Å². The molecule has 0 saturated carbocycles. The van der Waals surface area contributed by atoms with Crippen molar-refractivity contribution in [2.45, 2.75) is 58.3 Å². The van der Waals surface area contributed by atoms with E-state index in [2.05, 4.69) is 141 Å². The molecule has 0 amide bonds.